The molecule has 0 spiro atoms. The molecule has 0 heterocycles. The van der Waals surface area contributed by atoms with Gasteiger partial charge in [0, 0.05) is 16.0 Å². The molecule has 0 fully saturated rings. The zero-order chi connectivity index (χ0) is 10.8. The Balaban J connectivity index is 2.89. The van der Waals surface area contributed by atoms with E-state index in [2.05, 4.69) is 10.0 Å². The molecule has 0 amide bonds. The maximum atomic E-state index is 8.39. The first-order chi connectivity index (χ1) is 7.24. The van der Waals surface area contributed by atoms with Crippen LogP contribution >= 0.6 is 0 Å². The van der Waals surface area contributed by atoms with Crippen LogP contribution in [-0.4, -0.2) is 0 Å². The van der Waals surface area contributed by atoms with Crippen molar-refractivity contribution in [3.63, 3.8) is 0 Å². The second kappa shape index (κ2) is 3.40. The number of hydrogen-bond donors (Lipinski definition) is 2. The average molecular weight is 199 g/mol. The molecule has 2 aromatic rings. The molecule has 0 radical (unpaired) electrons. The third-order valence-electron chi connectivity index (χ3n) is 2.24. The van der Waals surface area contributed by atoms with E-state index in [0.29, 0.717) is 17.1 Å². The zero-order valence-electron chi connectivity index (χ0n) is 7.88. The van der Waals surface area contributed by atoms with Crippen LogP contribution in [-0.2, 0) is 0 Å². The lowest BCUT2D eigenvalue weighted by Crippen LogP contribution is -1.93. The summed E-state index contributed by atoms with van der Waals surface area (Å²) in [5.41, 5.74) is 21.1. The molecule has 0 aliphatic heterocycles. The molecule has 0 aromatic heterocycles. The minimum Gasteiger partial charge on any atom is -0.398 e. The zero-order valence-corrected chi connectivity index (χ0v) is 7.88. The fraction of sp³-hybridized carbons (Fsp3) is 0. The second-order valence-corrected chi connectivity index (χ2v) is 3.14. The van der Waals surface area contributed by atoms with Crippen molar-refractivity contribution in [1.29, 1.82) is 0 Å². The van der Waals surface area contributed by atoms with Crippen LogP contribution in [0, 0.1) is 0 Å². The summed E-state index contributed by atoms with van der Waals surface area (Å²) in [6.07, 6.45) is 0. The van der Waals surface area contributed by atoms with Crippen molar-refractivity contribution in [3.8, 4) is 0 Å². The second-order valence-electron chi connectivity index (χ2n) is 3.14. The van der Waals surface area contributed by atoms with Gasteiger partial charge in [0.1, 0.15) is 0 Å². The van der Waals surface area contributed by atoms with Crippen molar-refractivity contribution in [1.82, 2.24) is 0 Å². The van der Waals surface area contributed by atoms with Crippen molar-refractivity contribution in [3.05, 3.63) is 40.8 Å². The summed E-state index contributed by atoms with van der Waals surface area (Å²) in [4.78, 5) is 2.70. The number of nitrogen functional groups attached to an aromatic ring is 2. The first-order valence-electron chi connectivity index (χ1n) is 4.36. The van der Waals surface area contributed by atoms with Gasteiger partial charge in [-0.1, -0.05) is 29.4 Å². The van der Waals surface area contributed by atoms with E-state index in [9.17, 15) is 0 Å². The molecule has 5 heteroatoms. The van der Waals surface area contributed by atoms with Crippen molar-refractivity contribution in [2.45, 2.75) is 0 Å². The number of rotatable bonds is 1. The molecular weight excluding hydrogens is 190 g/mol. The highest BCUT2D eigenvalue weighted by molar-refractivity contribution is 6.02. The van der Waals surface area contributed by atoms with Gasteiger partial charge in [0.2, 0.25) is 0 Å². The Hall–Kier alpha value is -2.39. The fourth-order valence-electron chi connectivity index (χ4n) is 1.54. The van der Waals surface area contributed by atoms with E-state index in [1.54, 1.807) is 6.07 Å². The molecular formula is C10H9N5. The Bertz CT molecular complexity index is 569. The van der Waals surface area contributed by atoms with E-state index in [1.807, 2.05) is 24.3 Å². The largest absolute Gasteiger partial charge is 0.398 e. The van der Waals surface area contributed by atoms with E-state index in [4.69, 9.17) is 17.0 Å². The summed E-state index contributed by atoms with van der Waals surface area (Å²) in [7, 11) is 0. The first-order valence-corrected chi connectivity index (χ1v) is 4.36. The molecule has 2 rings (SSSR count). The number of nitrogens with zero attached hydrogens (tertiary/aromatic N) is 3. The van der Waals surface area contributed by atoms with Crippen molar-refractivity contribution < 1.29 is 0 Å². The third kappa shape index (κ3) is 1.41. The van der Waals surface area contributed by atoms with Gasteiger partial charge in [-0.05, 0) is 17.0 Å². The minimum absolute atomic E-state index is 0.302. The molecule has 0 aliphatic rings. The molecule has 15 heavy (non-hydrogen) atoms. The van der Waals surface area contributed by atoms with E-state index in [-0.39, 0.29) is 0 Å². The van der Waals surface area contributed by atoms with Gasteiger partial charge in [0.25, 0.3) is 0 Å². The van der Waals surface area contributed by atoms with E-state index >= 15 is 0 Å². The summed E-state index contributed by atoms with van der Waals surface area (Å²) >= 11 is 0. The topological polar surface area (TPSA) is 101 Å². The van der Waals surface area contributed by atoms with Gasteiger partial charge >= 0.3 is 0 Å². The predicted octanol–water partition coefficient (Wildman–Crippen LogP) is 2.95. The van der Waals surface area contributed by atoms with Gasteiger partial charge in [-0.3, -0.25) is 0 Å². The van der Waals surface area contributed by atoms with Gasteiger partial charge in [0.05, 0.1) is 11.4 Å². The number of azide groups is 1. The Morgan fingerprint density at radius 2 is 1.93 bits per heavy atom. The standard InChI is InChI=1S/C10H9N5/c11-8-5-6-3-1-2-4-7(6)9(12)10(8)14-15-13/h1-5H,11-12H2. The van der Waals surface area contributed by atoms with Crippen molar-refractivity contribution in [2.24, 2.45) is 5.11 Å². The van der Waals surface area contributed by atoms with Crippen LogP contribution < -0.4 is 11.5 Å². The summed E-state index contributed by atoms with van der Waals surface area (Å²) in [5.74, 6) is 0. The number of fused-ring (bicyclic) bond motifs is 1. The van der Waals surface area contributed by atoms with Gasteiger partial charge < -0.3 is 11.5 Å². The molecule has 0 saturated heterocycles. The van der Waals surface area contributed by atoms with Gasteiger partial charge in [-0.2, -0.15) is 0 Å². The first kappa shape index (κ1) is 9.18. The van der Waals surface area contributed by atoms with Crippen LogP contribution in [0.25, 0.3) is 21.2 Å². The predicted molar refractivity (Wildman–Crippen MR) is 61.6 cm³/mol. The number of anilines is 2. The highest BCUT2D eigenvalue weighted by Gasteiger charge is 2.06. The van der Waals surface area contributed by atoms with Crippen LogP contribution in [0.4, 0.5) is 17.1 Å². The fourth-order valence-corrected chi connectivity index (χ4v) is 1.54. The highest BCUT2D eigenvalue weighted by atomic mass is 15.1. The monoisotopic (exact) mass is 199 g/mol. The molecule has 5 nitrogen and oxygen atoms in total. The minimum atomic E-state index is 0.302. The number of nitrogens with two attached hydrogens (primary N) is 2. The summed E-state index contributed by atoms with van der Waals surface area (Å²) in [6.45, 7) is 0. The molecule has 0 saturated carbocycles. The molecule has 74 valence electrons. The maximum Gasteiger partial charge on any atom is 0.0840 e. The van der Waals surface area contributed by atoms with Gasteiger partial charge in [-0.25, -0.2) is 0 Å². The maximum absolute atomic E-state index is 8.39. The molecule has 4 N–H and O–H groups in total. The smallest absolute Gasteiger partial charge is 0.0840 e. The van der Waals surface area contributed by atoms with Crippen LogP contribution in [0.15, 0.2) is 35.4 Å². The lowest BCUT2D eigenvalue weighted by molar-refractivity contribution is 1.49. The summed E-state index contributed by atoms with van der Waals surface area (Å²) < 4.78 is 0. The molecule has 2 aromatic carbocycles. The summed E-state index contributed by atoms with van der Waals surface area (Å²) in [5, 5.41) is 5.26. The molecule has 0 unspecified atom stereocenters. The lowest BCUT2D eigenvalue weighted by atomic mass is 10.1. The number of benzene rings is 2. The third-order valence-corrected chi connectivity index (χ3v) is 2.24. The average Bonchev–Trinajstić information content (AvgIpc) is 2.24. The van der Waals surface area contributed by atoms with Crippen molar-refractivity contribution in [2.75, 3.05) is 11.5 Å². The normalized spacial score (nSPS) is 9.87. The van der Waals surface area contributed by atoms with Crippen molar-refractivity contribution >= 4 is 27.8 Å². The van der Waals surface area contributed by atoms with Crippen LogP contribution in [0.5, 0.6) is 0 Å². The van der Waals surface area contributed by atoms with Gasteiger partial charge in [0.15, 0.2) is 0 Å². The van der Waals surface area contributed by atoms with E-state index in [1.165, 1.54) is 0 Å². The van der Waals surface area contributed by atoms with E-state index < -0.39 is 0 Å². The quantitative estimate of drug-likeness (QED) is 0.319. The highest BCUT2D eigenvalue weighted by Crippen LogP contribution is 2.36. The van der Waals surface area contributed by atoms with Gasteiger partial charge in [-0.15, -0.1) is 0 Å². The Kier molecular flexibility index (Phi) is 2.08. The van der Waals surface area contributed by atoms with Crippen LogP contribution in [0.1, 0.15) is 0 Å². The molecule has 0 atom stereocenters. The summed E-state index contributed by atoms with van der Waals surface area (Å²) in [6, 6.07) is 9.28. The van der Waals surface area contributed by atoms with E-state index in [0.717, 1.165) is 10.8 Å². The Morgan fingerprint density at radius 3 is 2.67 bits per heavy atom. The molecule has 0 bridgehead atoms. The SMILES string of the molecule is [N-]=[N+]=Nc1c(N)cc2ccccc2c1N. The Morgan fingerprint density at radius 1 is 1.20 bits per heavy atom. The molecule has 0 aliphatic carbocycles. The lowest BCUT2D eigenvalue weighted by Gasteiger charge is -2.07. The number of hydrogen-bond acceptors (Lipinski definition) is 3. The van der Waals surface area contributed by atoms with Crippen LogP contribution in [0.2, 0.25) is 0 Å². The van der Waals surface area contributed by atoms with Crippen LogP contribution in [0.3, 0.4) is 0 Å². The Labute approximate surface area is 85.9 Å².